The molecule has 148 valence electrons. The van der Waals surface area contributed by atoms with E-state index in [4.69, 9.17) is 4.99 Å². The van der Waals surface area contributed by atoms with Crippen molar-refractivity contribution >= 4 is 23.6 Å². The molecular formula is C21H32N4OS. The quantitative estimate of drug-likeness (QED) is 0.443. The molecule has 0 bridgehead atoms. The second-order valence-electron chi connectivity index (χ2n) is 7.30. The SMILES string of the molecule is CCNC(=NCCC(=O)N1CCCC1)N1CCC(CSc2ccccc2)C1. The zero-order chi connectivity index (χ0) is 18.9. The number of benzene rings is 1. The Bertz CT molecular complexity index is 616. The minimum Gasteiger partial charge on any atom is -0.357 e. The number of guanidine groups is 1. The smallest absolute Gasteiger partial charge is 0.224 e. The van der Waals surface area contributed by atoms with Crippen LogP contribution in [0.15, 0.2) is 40.2 Å². The number of thioether (sulfide) groups is 1. The van der Waals surface area contributed by atoms with Crippen molar-refractivity contribution in [1.29, 1.82) is 0 Å². The van der Waals surface area contributed by atoms with Crippen LogP contribution in [-0.4, -0.2) is 66.7 Å². The molecule has 0 aliphatic carbocycles. The first-order valence-electron chi connectivity index (χ1n) is 10.2. The lowest BCUT2D eigenvalue weighted by molar-refractivity contribution is -0.129. The molecular weight excluding hydrogens is 356 g/mol. The number of hydrogen-bond acceptors (Lipinski definition) is 3. The van der Waals surface area contributed by atoms with Crippen molar-refractivity contribution in [2.45, 2.75) is 37.5 Å². The van der Waals surface area contributed by atoms with Crippen molar-refractivity contribution in [3.63, 3.8) is 0 Å². The zero-order valence-corrected chi connectivity index (χ0v) is 17.2. The number of nitrogens with zero attached hydrogens (tertiary/aromatic N) is 3. The summed E-state index contributed by atoms with van der Waals surface area (Å²) in [5, 5.41) is 3.41. The van der Waals surface area contributed by atoms with Crippen molar-refractivity contribution in [2.24, 2.45) is 10.9 Å². The Labute approximate surface area is 167 Å². The van der Waals surface area contributed by atoms with Gasteiger partial charge in [0.25, 0.3) is 0 Å². The maximum absolute atomic E-state index is 12.2. The highest BCUT2D eigenvalue weighted by Gasteiger charge is 2.25. The Morgan fingerprint density at radius 2 is 1.96 bits per heavy atom. The molecule has 2 fully saturated rings. The first-order chi connectivity index (χ1) is 13.3. The van der Waals surface area contributed by atoms with Gasteiger partial charge in [-0.3, -0.25) is 9.79 Å². The first-order valence-corrected chi connectivity index (χ1v) is 11.2. The van der Waals surface area contributed by atoms with Crippen LogP contribution in [0.4, 0.5) is 0 Å². The molecule has 1 N–H and O–H groups in total. The molecule has 1 unspecified atom stereocenters. The van der Waals surface area contributed by atoms with Crippen LogP contribution in [0.2, 0.25) is 0 Å². The lowest BCUT2D eigenvalue weighted by Crippen LogP contribution is -2.40. The van der Waals surface area contributed by atoms with Crippen LogP contribution in [0.1, 0.15) is 32.6 Å². The number of nitrogens with one attached hydrogen (secondary N) is 1. The predicted octanol–water partition coefficient (Wildman–Crippen LogP) is 3.08. The minimum atomic E-state index is 0.255. The number of carbonyl (C=O) groups is 1. The van der Waals surface area contributed by atoms with Crippen LogP contribution in [0, 0.1) is 5.92 Å². The Morgan fingerprint density at radius 3 is 2.70 bits per heavy atom. The van der Waals surface area contributed by atoms with E-state index < -0.39 is 0 Å². The van der Waals surface area contributed by atoms with E-state index in [0.717, 1.165) is 57.3 Å². The van der Waals surface area contributed by atoms with Gasteiger partial charge in [-0.15, -0.1) is 11.8 Å². The van der Waals surface area contributed by atoms with E-state index in [2.05, 4.69) is 47.5 Å². The van der Waals surface area contributed by atoms with Gasteiger partial charge in [-0.25, -0.2) is 0 Å². The molecule has 1 atom stereocenters. The van der Waals surface area contributed by atoms with Gasteiger partial charge in [-0.1, -0.05) is 18.2 Å². The van der Waals surface area contributed by atoms with Crippen LogP contribution in [0.25, 0.3) is 0 Å². The zero-order valence-electron chi connectivity index (χ0n) is 16.4. The van der Waals surface area contributed by atoms with Gasteiger partial charge in [0.2, 0.25) is 5.91 Å². The van der Waals surface area contributed by atoms with Crippen molar-refractivity contribution in [3.05, 3.63) is 30.3 Å². The average Bonchev–Trinajstić information content (AvgIpc) is 3.38. The standard InChI is InChI=1S/C21H32N4OS/c1-2-22-21(23-12-10-20(26)24-13-6-7-14-24)25-15-11-18(16-25)17-27-19-8-4-3-5-9-19/h3-5,8-9,18H,2,6-7,10-17H2,1H3,(H,22,23). The molecule has 0 aromatic heterocycles. The summed E-state index contributed by atoms with van der Waals surface area (Å²) < 4.78 is 0. The van der Waals surface area contributed by atoms with E-state index in [-0.39, 0.29) is 5.91 Å². The van der Waals surface area contributed by atoms with Crippen molar-refractivity contribution in [3.8, 4) is 0 Å². The largest absolute Gasteiger partial charge is 0.357 e. The maximum Gasteiger partial charge on any atom is 0.224 e. The highest BCUT2D eigenvalue weighted by molar-refractivity contribution is 7.99. The molecule has 1 amide bonds. The van der Waals surface area contributed by atoms with E-state index in [9.17, 15) is 4.79 Å². The molecule has 2 heterocycles. The maximum atomic E-state index is 12.2. The third-order valence-corrected chi connectivity index (χ3v) is 6.44. The van der Waals surface area contributed by atoms with Gasteiger partial charge in [0.05, 0.1) is 6.54 Å². The fraction of sp³-hybridized carbons (Fsp3) is 0.619. The van der Waals surface area contributed by atoms with Crippen molar-refractivity contribution in [1.82, 2.24) is 15.1 Å². The van der Waals surface area contributed by atoms with Crippen LogP contribution in [0.3, 0.4) is 0 Å². The van der Waals surface area contributed by atoms with Crippen LogP contribution in [-0.2, 0) is 4.79 Å². The number of hydrogen-bond donors (Lipinski definition) is 1. The molecule has 1 aromatic rings. The second kappa shape index (κ2) is 10.6. The van der Waals surface area contributed by atoms with Gasteiger partial charge in [0, 0.05) is 49.8 Å². The normalized spacial score (nSPS) is 20.3. The van der Waals surface area contributed by atoms with Crippen molar-refractivity contribution < 1.29 is 4.79 Å². The average molecular weight is 389 g/mol. The molecule has 3 rings (SSSR count). The number of aliphatic imine (C=N–C) groups is 1. The van der Waals surface area contributed by atoms with Gasteiger partial charge in [0.1, 0.15) is 0 Å². The lowest BCUT2D eigenvalue weighted by Gasteiger charge is -2.22. The highest BCUT2D eigenvalue weighted by Crippen LogP contribution is 2.25. The molecule has 0 saturated carbocycles. The van der Waals surface area contributed by atoms with E-state index in [1.54, 1.807) is 0 Å². The summed E-state index contributed by atoms with van der Waals surface area (Å²) in [6.45, 7) is 7.49. The monoisotopic (exact) mass is 388 g/mol. The van der Waals surface area contributed by atoms with E-state index >= 15 is 0 Å². The predicted molar refractivity (Wildman–Crippen MR) is 113 cm³/mol. The third kappa shape index (κ3) is 6.16. The number of carbonyl (C=O) groups excluding carboxylic acids is 1. The first kappa shape index (κ1) is 20.1. The number of rotatable bonds is 7. The molecule has 0 radical (unpaired) electrons. The molecule has 2 aliphatic rings. The lowest BCUT2D eigenvalue weighted by atomic mass is 10.2. The van der Waals surface area contributed by atoms with Crippen LogP contribution < -0.4 is 5.32 Å². The van der Waals surface area contributed by atoms with Gasteiger partial charge in [-0.2, -0.15) is 0 Å². The van der Waals surface area contributed by atoms with Crippen molar-refractivity contribution in [2.75, 3.05) is 45.0 Å². The summed E-state index contributed by atoms with van der Waals surface area (Å²) in [7, 11) is 0. The summed E-state index contributed by atoms with van der Waals surface area (Å²) >= 11 is 1.94. The van der Waals surface area contributed by atoms with E-state index in [1.165, 1.54) is 11.3 Å². The fourth-order valence-corrected chi connectivity index (χ4v) is 4.75. The highest BCUT2D eigenvalue weighted by atomic mass is 32.2. The molecule has 0 spiro atoms. The second-order valence-corrected chi connectivity index (χ2v) is 8.39. The summed E-state index contributed by atoms with van der Waals surface area (Å²) in [6, 6.07) is 10.6. The molecule has 2 aliphatic heterocycles. The Hall–Kier alpha value is -1.69. The summed E-state index contributed by atoms with van der Waals surface area (Å²) in [5.74, 6) is 3.06. The number of likely N-dealkylation sites (tertiary alicyclic amines) is 2. The number of amides is 1. The van der Waals surface area contributed by atoms with E-state index in [0.29, 0.717) is 18.9 Å². The van der Waals surface area contributed by atoms with E-state index in [1.807, 2.05) is 16.7 Å². The minimum absolute atomic E-state index is 0.255. The van der Waals surface area contributed by atoms with Gasteiger partial charge in [-0.05, 0) is 44.2 Å². The fourth-order valence-electron chi connectivity index (χ4n) is 3.70. The molecule has 6 heteroatoms. The van der Waals surface area contributed by atoms with Gasteiger partial charge < -0.3 is 15.1 Å². The molecule has 1 aromatic carbocycles. The Kier molecular flexibility index (Phi) is 7.87. The van der Waals surface area contributed by atoms with Crippen LogP contribution in [0.5, 0.6) is 0 Å². The Balaban J connectivity index is 1.45. The molecule has 5 nitrogen and oxygen atoms in total. The van der Waals surface area contributed by atoms with Gasteiger partial charge in [0.15, 0.2) is 5.96 Å². The van der Waals surface area contributed by atoms with Crippen LogP contribution >= 0.6 is 11.8 Å². The Morgan fingerprint density at radius 1 is 1.19 bits per heavy atom. The topological polar surface area (TPSA) is 47.9 Å². The molecule has 27 heavy (non-hydrogen) atoms. The summed E-state index contributed by atoms with van der Waals surface area (Å²) in [6.07, 6.45) is 4.02. The summed E-state index contributed by atoms with van der Waals surface area (Å²) in [4.78, 5) is 22.6. The van der Waals surface area contributed by atoms with Gasteiger partial charge >= 0.3 is 0 Å². The third-order valence-electron chi connectivity index (χ3n) is 5.20. The molecule has 2 saturated heterocycles. The summed E-state index contributed by atoms with van der Waals surface area (Å²) in [5.41, 5.74) is 0.